The Morgan fingerprint density at radius 1 is 1.20 bits per heavy atom. The molecule has 0 atom stereocenters. The van der Waals surface area contributed by atoms with Crippen molar-refractivity contribution in [1.29, 1.82) is 5.26 Å². The van der Waals surface area contributed by atoms with Gasteiger partial charge < -0.3 is 9.47 Å². The number of rotatable bonds is 6. The number of ether oxygens (including phenoxy) is 2. The zero-order valence-corrected chi connectivity index (χ0v) is 16.1. The van der Waals surface area contributed by atoms with Crippen molar-refractivity contribution in [2.75, 3.05) is 13.7 Å². The summed E-state index contributed by atoms with van der Waals surface area (Å²) in [5.74, 6) is 1.02. The largest absolute Gasteiger partial charge is 0.493 e. The number of nitrogens with zero attached hydrogens (tertiary/aromatic N) is 1. The Morgan fingerprint density at radius 2 is 1.88 bits per heavy atom. The van der Waals surface area contributed by atoms with Crippen LogP contribution in [0.15, 0.2) is 56.7 Å². The molecule has 0 unspecified atom stereocenters. The molecular weight excluding hydrogens is 406 g/mol. The van der Waals surface area contributed by atoms with E-state index in [1.54, 1.807) is 36.4 Å². The molecule has 0 bridgehead atoms. The van der Waals surface area contributed by atoms with Crippen molar-refractivity contribution in [3.05, 3.63) is 57.4 Å². The lowest BCUT2D eigenvalue weighted by molar-refractivity contribution is 0.311. The van der Waals surface area contributed by atoms with E-state index in [2.05, 4.69) is 15.9 Å². The van der Waals surface area contributed by atoms with Crippen molar-refractivity contribution < 1.29 is 17.9 Å². The first-order chi connectivity index (χ1) is 11.9. The van der Waals surface area contributed by atoms with Crippen LogP contribution in [-0.4, -0.2) is 22.1 Å². The SMILES string of the molecule is CCOc1ccc(/C=C(\C#N)S(=O)(=O)c2ccc(Br)cc2)cc1OC. The van der Waals surface area contributed by atoms with E-state index in [0.29, 0.717) is 23.7 Å². The second-order valence-electron chi connectivity index (χ2n) is 4.92. The fraction of sp³-hybridized carbons (Fsp3) is 0.167. The molecule has 7 heteroatoms. The Balaban J connectivity index is 2.46. The molecule has 0 aliphatic rings. The minimum Gasteiger partial charge on any atom is -0.493 e. The van der Waals surface area contributed by atoms with Gasteiger partial charge in [-0.3, -0.25) is 0 Å². The summed E-state index contributed by atoms with van der Waals surface area (Å²) >= 11 is 3.26. The first-order valence-electron chi connectivity index (χ1n) is 7.35. The molecule has 0 fully saturated rings. The molecule has 0 spiro atoms. The first kappa shape index (κ1) is 19.0. The van der Waals surface area contributed by atoms with Gasteiger partial charge in [0.15, 0.2) is 11.5 Å². The highest BCUT2D eigenvalue weighted by Crippen LogP contribution is 2.30. The van der Waals surface area contributed by atoms with E-state index in [-0.39, 0.29) is 9.80 Å². The number of halogens is 1. The molecule has 0 aromatic heterocycles. The smallest absolute Gasteiger partial charge is 0.216 e. The van der Waals surface area contributed by atoms with Gasteiger partial charge in [0.2, 0.25) is 9.84 Å². The van der Waals surface area contributed by atoms with Gasteiger partial charge in [0.25, 0.3) is 0 Å². The number of sulfone groups is 1. The lowest BCUT2D eigenvalue weighted by atomic mass is 10.2. The quantitative estimate of drug-likeness (QED) is 0.653. The molecule has 5 nitrogen and oxygen atoms in total. The van der Waals surface area contributed by atoms with Crippen LogP contribution in [0.1, 0.15) is 12.5 Å². The van der Waals surface area contributed by atoms with Gasteiger partial charge in [-0.05, 0) is 55.0 Å². The second kappa shape index (κ2) is 8.19. The second-order valence-corrected chi connectivity index (χ2v) is 7.75. The van der Waals surface area contributed by atoms with Crippen LogP contribution in [0, 0.1) is 11.3 Å². The van der Waals surface area contributed by atoms with E-state index < -0.39 is 9.84 Å². The molecular formula is C18H16BrNO4S. The van der Waals surface area contributed by atoms with Gasteiger partial charge in [0.1, 0.15) is 11.0 Å². The van der Waals surface area contributed by atoms with E-state index in [4.69, 9.17) is 9.47 Å². The number of nitriles is 1. The normalized spacial score (nSPS) is 11.7. The summed E-state index contributed by atoms with van der Waals surface area (Å²) in [5, 5.41) is 9.34. The Bertz CT molecular complexity index is 929. The van der Waals surface area contributed by atoms with E-state index in [0.717, 1.165) is 4.47 Å². The summed E-state index contributed by atoms with van der Waals surface area (Å²) in [6.45, 7) is 2.33. The van der Waals surface area contributed by atoms with Gasteiger partial charge in [-0.1, -0.05) is 22.0 Å². The van der Waals surface area contributed by atoms with Gasteiger partial charge in [-0.2, -0.15) is 5.26 Å². The van der Waals surface area contributed by atoms with Crippen molar-refractivity contribution >= 4 is 31.8 Å². The molecule has 2 aromatic carbocycles. The van der Waals surface area contributed by atoms with Crippen LogP contribution < -0.4 is 9.47 Å². The summed E-state index contributed by atoms with van der Waals surface area (Å²) in [4.78, 5) is -0.289. The first-order valence-corrected chi connectivity index (χ1v) is 9.63. The highest BCUT2D eigenvalue weighted by Gasteiger charge is 2.21. The minimum absolute atomic E-state index is 0.0569. The van der Waals surface area contributed by atoms with Crippen molar-refractivity contribution in [3.8, 4) is 17.6 Å². The molecule has 0 radical (unpaired) electrons. The molecule has 0 amide bonds. The van der Waals surface area contributed by atoms with Crippen molar-refractivity contribution in [1.82, 2.24) is 0 Å². The topological polar surface area (TPSA) is 76.4 Å². The highest BCUT2D eigenvalue weighted by molar-refractivity contribution is 9.10. The average Bonchev–Trinajstić information content (AvgIpc) is 2.61. The fourth-order valence-electron chi connectivity index (χ4n) is 2.11. The van der Waals surface area contributed by atoms with E-state index in [1.165, 1.54) is 25.3 Å². The molecule has 0 aliphatic carbocycles. The monoisotopic (exact) mass is 421 g/mol. The summed E-state index contributed by atoms with van der Waals surface area (Å²) in [6.07, 6.45) is 1.32. The zero-order valence-electron chi connectivity index (χ0n) is 13.7. The predicted octanol–water partition coefficient (Wildman–Crippen LogP) is 4.19. The maximum atomic E-state index is 12.6. The van der Waals surface area contributed by atoms with Crippen LogP contribution in [0.3, 0.4) is 0 Å². The minimum atomic E-state index is -3.90. The van der Waals surface area contributed by atoms with E-state index in [1.807, 2.05) is 6.92 Å². The molecule has 25 heavy (non-hydrogen) atoms. The summed E-state index contributed by atoms with van der Waals surface area (Å²) < 4.78 is 36.7. The number of methoxy groups -OCH3 is 1. The van der Waals surface area contributed by atoms with Gasteiger partial charge in [0, 0.05) is 4.47 Å². The molecule has 0 aliphatic heterocycles. The van der Waals surface area contributed by atoms with Gasteiger partial charge in [-0.25, -0.2) is 8.42 Å². The predicted molar refractivity (Wildman–Crippen MR) is 99.1 cm³/mol. The highest BCUT2D eigenvalue weighted by atomic mass is 79.9. The lowest BCUT2D eigenvalue weighted by Gasteiger charge is -2.10. The Hall–Kier alpha value is -2.30. The lowest BCUT2D eigenvalue weighted by Crippen LogP contribution is -2.03. The number of hydrogen-bond acceptors (Lipinski definition) is 5. The number of hydrogen-bond donors (Lipinski definition) is 0. The maximum Gasteiger partial charge on any atom is 0.216 e. The van der Waals surface area contributed by atoms with Crippen LogP contribution in [-0.2, 0) is 9.84 Å². The van der Waals surface area contributed by atoms with Gasteiger partial charge >= 0.3 is 0 Å². The van der Waals surface area contributed by atoms with Crippen molar-refractivity contribution in [3.63, 3.8) is 0 Å². The number of benzene rings is 2. The Kier molecular flexibility index (Phi) is 6.23. The van der Waals surface area contributed by atoms with Crippen LogP contribution in [0.4, 0.5) is 0 Å². The molecule has 2 aromatic rings. The average molecular weight is 422 g/mol. The summed E-state index contributed by atoms with van der Waals surface area (Å²) in [5.41, 5.74) is 0.525. The molecule has 0 heterocycles. The maximum absolute atomic E-state index is 12.6. The summed E-state index contributed by atoms with van der Waals surface area (Å²) in [6, 6.07) is 12.9. The van der Waals surface area contributed by atoms with Crippen LogP contribution in [0.2, 0.25) is 0 Å². The Labute approximate surface area is 155 Å². The van der Waals surface area contributed by atoms with Crippen molar-refractivity contribution in [2.24, 2.45) is 0 Å². The standard InChI is InChI=1S/C18H16BrNO4S/c1-3-24-17-9-4-13(11-18(17)23-2)10-16(12-20)25(21,22)15-7-5-14(19)6-8-15/h4-11H,3H2,1-2H3/b16-10+. The molecule has 0 saturated heterocycles. The van der Waals surface area contributed by atoms with Crippen LogP contribution in [0.25, 0.3) is 6.08 Å². The van der Waals surface area contributed by atoms with Crippen LogP contribution in [0.5, 0.6) is 11.5 Å². The molecule has 0 N–H and O–H groups in total. The van der Waals surface area contributed by atoms with Gasteiger partial charge in [-0.15, -0.1) is 0 Å². The third-order valence-electron chi connectivity index (χ3n) is 3.31. The molecule has 2 rings (SSSR count). The Morgan fingerprint density at radius 3 is 2.44 bits per heavy atom. The zero-order chi connectivity index (χ0) is 18.4. The molecule has 0 saturated carbocycles. The third-order valence-corrected chi connectivity index (χ3v) is 5.52. The van der Waals surface area contributed by atoms with Crippen molar-refractivity contribution in [2.45, 2.75) is 11.8 Å². The van der Waals surface area contributed by atoms with E-state index in [9.17, 15) is 13.7 Å². The third kappa shape index (κ3) is 4.41. The molecule has 130 valence electrons. The van der Waals surface area contributed by atoms with Crippen LogP contribution >= 0.6 is 15.9 Å². The van der Waals surface area contributed by atoms with Gasteiger partial charge in [0.05, 0.1) is 18.6 Å². The summed E-state index contributed by atoms with van der Waals surface area (Å²) in [7, 11) is -2.40. The van der Waals surface area contributed by atoms with E-state index >= 15 is 0 Å². The number of allylic oxidation sites excluding steroid dienone is 1. The fourth-order valence-corrected chi connectivity index (χ4v) is 3.53.